The molecule has 1 aromatic heterocycles. The number of benzene rings is 1. The third kappa shape index (κ3) is 3.05. The molecule has 0 atom stereocenters. The summed E-state index contributed by atoms with van der Waals surface area (Å²) in [5, 5.41) is 10.3. The minimum atomic E-state index is -0.319. The summed E-state index contributed by atoms with van der Waals surface area (Å²) in [4.78, 5) is 11.9. The van der Waals surface area contributed by atoms with Crippen molar-refractivity contribution in [2.24, 2.45) is 0 Å². The first-order valence-electron chi connectivity index (χ1n) is 5.13. The molecule has 0 bridgehead atoms. The fourth-order valence-corrected chi connectivity index (χ4v) is 1.70. The van der Waals surface area contributed by atoms with Gasteiger partial charge in [0.25, 0.3) is 5.91 Å². The number of aromatic nitrogens is 2. The van der Waals surface area contributed by atoms with Crippen molar-refractivity contribution in [2.45, 2.75) is 6.92 Å². The largest absolute Gasteiger partial charge is 0.321 e. The summed E-state index contributed by atoms with van der Waals surface area (Å²) in [5.41, 5.74) is 1.97. The van der Waals surface area contributed by atoms with Gasteiger partial charge < -0.3 is 5.32 Å². The number of halogens is 2. The lowest BCUT2D eigenvalue weighted by atomic mass is 10.2. The lowest BCUT2D eigenvalue weighted by molar-refractivity contribution is 0.102. The zero-order chi connectivity index (χ0) is 13.1. The minimum absolute atomic E-state index is 0.222. The van der Waals surface area contributed by atoms with Gasteiger partial charge in [-0.05, 0) is 42.8 Å². The average Bonchev–Trinajstić information content (AvgIpc) is 2.34. The first-order valence-corrected chi connectivity index (χ1v) is 6.30. The third-order valence-electron chi connectivity index (χ3n) is 2.28. The molecule has 1 N–H and O–H groups in total. The molecule has 0 aliphatic heterocycles. The molecule has 1 aromatic carbocycles. The predicted octanol–water partition coefficient (Wildman–Crippen LogP) is 3.45. The van der Waals surface area contributed by atoms with Gasteiger partial charge in [0.05, 0.1) is 0 Å². The Morgan fingerprint density at radius 3 is 2.67 bits per heavy atom. The van der Waals surface area contributed by atoms with Crippen LogP contribution in [0.3, 0.4) is 0 Å². The molecule has 0 unspecified atom stereocenters. The molecule has 4 nitrogen and oxygen atoms in total. The van der Waals surface area contributed by atoms with Crippen LogP contribution in [-0.4, -0.2) is 16.1 Å². The van der Waals surface area contributed by atoms with Gasteiger partial charge in [-0.25, -0.2) is 0 Å². The van der Waals surface area contributed by atoms with Gasteiger partial charge in [-0.1, -0.05) is 27.5 Å². The van der Waals surface area contributed by atoms with Gasteiger partial charge >= 0.3 is 0 Å². The molecule has 0 aliphatic rings. The van der Waals surface area contributed by atoms with Crippen molar-refractivity contribution in [3.8, 4) is 0 Å². The monoisotopic (exact) mass is 325 g/mol. The normalized spacial score (nSPS) is 10.2. The summed E-state index contributed by atoms with van der Waals surface area (Å²) in [6.45, 7) is 1.95. The number of rotatable bonds is 2. The van der Waals surface area contributed by atoms with Crippen LogP contribution in [0.15, 0.2) is 34.8 Å². The molecule has 0 radical (unpaired) electrons. The number of carbonyl (C=O) groups is 1. The van der Waals surface area contributed by atoms with Crippen LogP contribution in [0.1, 0.15) is 16.1 Å². The first-order chi connectivity index (χ1) is 8.56. The molecule has 0 saturated carbocycles. The Bertz CT molecular complexity index is 586. The van der Waals surface area contributed by atoms with Crippen LogP contribution in [0, 0.1) is 6.92 Å². The van der Waals surface area contributed by atoms with E-state index in [1.54, 1.807) is 6.07 Å². The van der Waals surface area contributed by atoms with Crippen LogP contribution in [-0.2, 0) is 0 Å². The lowest BCUT2D eigenvalue weighted by Gasteiger charge is -2.06. The number of anilines is 1. The Labute approximate surface area is 118 Å². The molecule has 6 heteroatoms. The van der Waals surface area contributed by atoms with Gasteiger partial charge in [-0.3, -0.25) is 4.79 Å². The van der Waals surface area contributed by atoms with Gasteiger partial charge in [0.2, 0.25) is 0 Å². The highest BCUT2D eigenvalue weighted by atomic mass is 79.9. The Morgan fingerprint density at radius 2 is 2.06 bits per heavy atom. The van der Waals surface area contributed by atoms with Gasteiger partial charge in [0.15, 0.2) is 10.8 Å². The number of aryl methyl sites for hydroxylation is 1. The van der Waals surface area contributed by atoms with E-state index in [2.05, 4.69) is 31.4 Å². The molecule has 0 spiro atoms. The van der Waals surface area contributed by atoms with Crippen LogP contribution in [0.5, 0.6) is 0 Å². The quantitative estimate of drug-likeness (QED) is 0.919. The summed E-state index contributed by atoms with van der Waals surface area (Å²) in [6.07, 6.45) is 0. The van der Waals surface area contributed by atoms with Gasteiger partial charge in [0.1, 0.15) is 0 Å². The number of amides is 1. The van der Waals surface area contributed by atoms with Crippen LogP contribution in [0.25, 0.3) is 0 Å². The SMILES string of the molecule is Cc1cc(NC(=O)c2ccc(Cl)nn2)ccc1Br. The zero-order valence-electron chi connectivity index (χ0n) is 9.45. The van der Waals surface area contributed by atoms with E-state index in [9.17, 15) is 4.79 Å². The van der Waals surface area contributed by atoms with Crippen molar-refractivity contribution < 1.29 is 4.79 Å². The molecule has 2 rings (SSSR count). The van der Waals surface area contributed by atoms with Crippen molar-refractivity contribution in [3.63, 3.8) is 0 Å². The molecule has 0 fully saturated rings. The van der Waals surface area contributed by atoms with Crippen LogP contribution in [0.4, 0.5) is 5.69 Å². The van der Waals surface area contributed by atoms with Crippen molar-refractivity contribution >= 4 is 39.1 Å². The predicted molar refractivity (Wildman–Crippen MR) is 73.9 cm³/mol. The van der Waals surface area contributed by atoms with E-state index in [-0.39, 0.29) is 16.8 Å². The third-order valence-corrected chi connectivity index (χ3v) is 3.37. The second kappa shape index (κ2) is 5.46. The second-order valence-electron chi connectivity index (χ2n) is 3.66. The van der Waals surface area contributed by atoms with Crippen LogP contribution < -0.4 is 5.32 Å². The number of hydrogen-bond donors (Lipinski definition) is 1. The Balaban J connectivity index is 2.16. The first kappa shape index (κ1) is 13.0. The average molecular weight is 327 g/mol. The fraction of sp³-hybridized carbons (Fsp3) is 0.0833. The number of hydrogen-bond acceptors (Lipinski definition) is 3. The summed E-state index contributed by atoms with van der Waals surface area (Å²) >= 11 is 9.00. The highest BCUT2D eigenvalue weighted by Gasteiger charge is 2.08. The van der Waals surface area contributed by atoms with Crippen molar-refractivity contribution in [2.75, 3.05) is 5.32 Å². The molecule has 0 aliphatic carbocycles. The smallest absolute Gasteiger partial charge is 0.276 e. The molecule has 92 valence electrons. The maximum Gasteiger partial charge on any atom is 0.276 e. The second-order valence-corrected chi connectivity index (χ2v) is 4.90. The Hall–Kier alpha value is -1.46. The molecular formula is C12H9BrClN3O. The number of nitrogens with one attached hydrogen (secondary N) is 1. The van der Waals surface area contributed by atoms with Gasteiger partial charge in [-0.15, -0.1) is 10.2 Å². The van der Waals surface area contributed by atoms with Crippen molar-refractivity contribution in [1.29, 1.82) is 0 Å². The van der Waals surface area contributed by atoms with E-state index in [1.165, 1.54) is 12.1 Å². The maximum atomic E-state index is 11.9. The van der Waals surface area contributed by atoms with Crippen molar-refractivity contribution in [1.82, 2.24) is 10.2 Å². The van der Waals surface area contributed by atoms with E-state index >= 15 is 0 Å². The fourth-order valence-electron chi connectivity index (χ4n) is 1.35. The van der Waals surface area contributed by atoms with E-state index in [0.717, 1.165) is 10.0 Å². The molecule has 1 heterocycles. The molecular weight excluding hydrogens is 318 g/mol. The lowest BCUT2D eigenvalue weighted by Crippen LogP contribution is -2.14. The van der Waals surface area contributed by atoms with Crippen LogP contribution in [0.2, 0.25) is 5.15 Å². The standard InChI is InChI=1S/C12H9BrClN3O/c1-7-6-8(2-3-9(7)13)15-12(18)10-4-5-11(14)17-16-10/h2-6H,1H3,(H,15,18). The van der Waals surface area contributed by atoms with Gasteiger partial charge in [0, 0.05) is 10.2 Å². The maximum absolute atomic E-state index is 11.9. The zero-order valence-corrected chi connectivity index (χ0v) is 11.8. The van der Waals surface area contributed by atoms with E-state index in [1.807, 2.05) is 19.1 Å². The Morgan fingerprint density at radius 1 is 1.28 bits per heavy atom. The number of carbonyl (C=O) groups excluding carboxylic acids is 1. The van der Waals surface area contributed by atoms with E-state index < -0.39 is 0 Å². The number of nitrogens with zero attached hydrogens (tertiary/aromatic N) is 2. The summed E-state index contributed by atoms with van der Waals surface area (Å²) < 4.78 is 0.992. The summed E-state index contributed by atoms with van der Waals surface area (Å²) in [7, 11) is 0. The molecule has 0 saturated heterocycles. The highest BCUT2D eigenvalue weighted by Crippen LogP contribution is 2.20. The summed E-state index contributed by atoms with van der Waals surface area (Å²) in [6, 6.07) is 8.59. The Kier molecular flexibility index (Phi) is 3.93. The molecule has 2 aromatic rings. The van der Waals surface area contributed by atoms with E-state index in [0.29, 0.717) is 5.69 Å². The highest BCUT2D eigenvalue weighted by molar-refractivity contribution is 9.10. The van der Waals surface area contributed by atoms with Crippen molar-refractivity contribution in [3.05, 3.63) is 51.2 Å². The summed E-state index contributed by atoms with van der Waals surface area (Å²) in [5.74, 6) is -0.319. The topological polar surface area (TPSA) is 54.9 Å². The van der Waals surface area contributed by atoms with Gasteiger partial charge in [-0.2, -0.15) is 0 Å². The minimum Gasteiger partial charge on any atom is -0.321 e. The molecule has 18 heavy (non-hydrogen) atoms. The van der Waals surface area contributed by atoms with E-state index in [4.69, 9.17) is 11.6 Å². The van der Waals surface area contributed by atoms with Crippen LogP contribution >= 0.6 is 27.5 Å². The molecule has 1 amide bonds.